The van der Waals surface area contributed by atoms with E-state index < -0.39 is 19.8 Å². The normalized spacial score (nSPS) is 21.0. The summed E-state index contributed by atoms with van der Waals surface area (Å²) in [6.45, 7) is 31.6. The Hall–Kier alpha value is -4.62. The Labute approximate surface area is 637 Å². The molecule has 2 N–H and O–H groups in total. The van der Waals surface area contributed by atoms with Crippen molar-refractivity contribution in [1.82, 2.24) is 5.32 Å². The molecule has 3 heterocycles. The Morgan fingerprint density at radius 2 is 0.853 bits per heavy atom. The van der Waals surface area contributed by atoms with Gasteiger partial charge in [0, 0.05) is 106 Å². The van der Waals surface area contributed by atoms with Crippen molar-refractivity contribution in [1.29, 1.82) is 0 Å². The van der Waals surface area contributed by atoms with Crippen molar-refractivity contribution in [3.05, 3.63) is 105 Å². The topological polar surface area (TPSA) is 211 Å². The Balaban J connectivity index is 0.000000278. The fourth-order valence-electron chi connectivity index (χ4n) is 15.0. The first kappa shape index (κ1) is 88.0. The molecule has 0 saturated heterocycles. The van der Waals surface area contributed by atoms with Crippen molar-refractivity contribution in [2.75, 3.05) is 73.6 Å². The summed E-state index contributed by atoms with van der Waals surface area (Å²) in [6.07, 6.45) is 28.8. The molecule has 0 aromatic heterocycles. The van der Waals surface area contributed by atoms with E-state index in [2.05, 4.69) is 138 Å². The number of ether oxygens (including phenoxy) is 10. The number of carbonyl (C=O) groups is 3. The van der Waals surface area contributed by atoms with Crippen LogP contribution in [0.15, 0.2) is 71.3 Å². The van der Waals surface area contributed by atoms with Gasteiger partial charge in [-0.15, -0.1) is 0 Å². The Morgan fingerprint density at radius 1 is 0.500 bits per heavy atom. The van der Waals surface area contributed by atoms with Crippen molar-refractivity contribution >= 4 is 25.9 Å². The number of benzene rings is 3. The molecule has 18 nitrogen and oxygen atoms in total. The van der Waals surface area contributed by atoms with Crippen LogP contribution in [-0.2, 0) is 94.3 Å². The number of nitrogens with one attached hydrogen (secondary N) is 1. The zero-order valence-corrected chi connectivity index (χ0v) is 67.6. The third-order valence-corrected chi connectivity index (χ3v) is 21.3. The molecule has 0 fully saturated rings. The Kier molecular flexibility index (Phi) is 36.8. The minimum atomic E-state index is -4.16. The number of aryl methyl sites for hydroxylation is 3. The van der Waals surface area contributed by atoms with Gasteiger partial charge in [0.2, 0.25) is 0 Å². The van der Waals surface area contributed by atoms with Crippen LogP contribution in [0, 0.1) is 17.8 Å². The molecule has 1 radical (unpaired) electrons. The number of fused-ring (bicyclic) bond motifs is 9. The summed E-state index contributed by atoms with van der Waals surface area (Å²) in [7, 11) is -1.36. The number of carbonyl (C=O) groups excluding carboxylic acids is 3. The first-order valence-electron chi connectivity index (χ1n) is 37.5. The van der Waals surface area contributed by atoms with Crippen LogP contribution in [0.25, 0.3) is 0 Å². The zero-order chi connectivity index (χ0) is 72.6. The molecule has 102 heavy (non-hydrogen) atoms. The van der Waals surface area contributed by atoms with Crippen LogP contribution < -0.4 is 33.5 Å². The number of hydrogen-bond acceptors (Lipinski definition) is 16. The summed E-state index contributed by atoms with van der Waals surface area (Å²) >= 11 is 0. The van der Waals surface area contributed by atoms with Gasteiger partial charge in [-0.25, -0.2) is 18.9 Å². The molecule has 3 aromatic rings. The minimum Gasteiger partial charge on any atom is -0.487 e. The molecule has 0 bridgehead atoms. The van der Waals surface area contributed by atoms with Crippen molar-refractivity contribution < 1.29 is 113 Å². The van der Waals surface area contributed by atoms with E-state index in [1.54, 1.807) is 7.11 Å². The number of hydrogen-bond donors (Lipinski definition) is 2. The Morgan fingerprint density at radius 3 is 1.24 bits per heavy atom. The first-order chi connectivity index (χ1) is 47.8. The molecule has 7 atom stereocenters. The van der Waals surface area contributed by atoms with E-state index in [4.69, 9.17) is 56.4 Å². The molecule has 3 aromatic carbocycles. The van der Waals surface area contributed by atoms with Gasteiger partial charge in [0.05, 0.1) is 46.2 Å². The van der Waals surface area contributed by atoms with Crippen LogP contribution in [0.2, 0.25) is 0 Å². The second kappa shape index (κ2) is 42.7. The van der Waals surface area contributed by atoms with Gasteiger partial charge in [0.25, 0.3) is 0 Å². The van der Waals surface area contributed by atoms with Gasteiger partial charge in [-0.05, 0) is 199 Å². The molecule has 20 heteroatoms. The molecule has 0 saturated carbocycles. The fraction of sp³-hybridized carbons (Fsp3) is 0.671. The molecule has 6 aliphatic rings. The summed E-state index contributed by atoms with van der Waals surface area (Å²) < 4.78 is 79.8. The van der Waals surface area contributed by atoms with Crippen LogP contribution in [0.5, 0.6) is 34.5 Å². The average Bonchev–Trinajstić information content (AvgIpc) is 0.758. The minimum absolute atomic E-state index is 0. The van der Waals surface area contributed by atoms with Crippen LogP contribution >= 0.6 is 7.82 Å². The van der Waals surface area contributed by atoms with Gasteiger partial charge in [-0.1, -0.05) is 121 Å². The molecular weight excluding hydrogens is 1390 g/mol. The fourth-order valence-corrected chi connectivity index (χ4v) is 15.5. The first-order valence-corrected chi connectivity index (χ1v) is 39.0. The maximum Gasteiger partial charge on any atom is 0.527 e. The molecule has 9 rings (SSSR count). The number of phosphoric ester groups is 1. The summed E-state index contributed by atoms with van der Waals surface area (Å²) in [4.78, 5) is 47.9. The number of unbranched alkanes of at least 4 members (excludes halogenated alkanes) is 8. The standard InChI is InChI=1S/C32H48O9.C27H41NO3.C22H33O5P.CH4.Y/c1-6-7-8-9-24-21-27(29-25-20-23(2)10-11-26(25)32(3,4)41-28(29)22-24)40-31(34)30(33)39-19-18-38-17-16-37-15-14-36-13-12-35-5;1-6-8-10-12-20-17-23(30-26(29)28-15-11-9-7-2)25-21-16-19(3)13-14-22(21)27(4,5)31-24(25)18-20;1-6-7-8-9-16-13-19-21(20(14-16)27-28(23,24)25-5)17-12-15(2)10-11-18(17)22(3,4)26-19;;/h20-22,25-26H,6-19H2,1-5H3;16-18,21-22H,6-15H2,1-5H3,(H,28,29);12-14,17-18H,6-11H2,1-5H3,(H,23,24);1H4;/t25-,26-;21-,22-;17-,18-;;/m111../s1. The van der Waals surface area contributed by atoms with Crippen molar-refractivity contribution in [3.63, 3.8) is 0 Å². The molecule has 569 valence electrons. The number of phosphoric acid groups is 1. The van der Waals surface area contributed by atoms with Crippen molar-refractivity contribution in [2.24, 2.45) is 17.8 Å². The van der Waals surface area contributed by atoms with Crippen molar-refractivity contribution in [2.45, 2.75) is 267 Å². The molecule has 1 amide bonds. The number of amides is 1. The van der Waals surface area contributed by atoms with Crippen LogP contribution in [0.3, 0.4) is 0 Å². The van der Waals surface area contributed by atoms with E-state index in [9.17, 15) is 23.8 Å². The molecule has 1 unspecified atom stereocenters. The summed E-state index contributed by atoms with van der Waals surface area (Å²) in [5.41, 5.74) is 9.16. The van der Waals surface area contributed by atoms with Gasteiger partial charge < -0.3 is 57.2 Å². The third kappa shape index (κ3) is 25.5. The van der Waals surface area contributed by atoms with Gasteiger partial charge in [0.1, 0.15) is 57.9 Å². The maximum absolute atomic E-state index is 12.8. The van der Waals surface area contributed by atoms with Gasteiger partial charge in [-0.3, -0.25) is 9.42 Å². The number of allylic oxidation sites excluding steroid dienone is 6. The average molecular weight is 1520 g/mol. The van der Waals surface area contributed by atoms with E-state index in [0.29, 0.717) is 69.4 Å². The quantitative estimate of drug-likeness (QED) is 0.0145. The third-order valence-electron chi connectivity index (χ3n) is 20.4. The largest absolute Gasteiger partial charge is 0.527 e. The number of esters is 2. The van der Waals surface area contributed by atoms with E-state index in [1.807, 2.05) is 12.1 Å². The predicted octanol–water partition coefficient (Wildman–Crippen LogP) is 19.3. The second-order valence-corrected chi connectivity index (χ2v) is 31.2. The SMILES string of the molecule is C.CCCCCNC(=O)Oc1cc(CCCCC)cc2c1[C@@H]1C=C(C)CC[C@H]1C(C)(C)O2.CCCCCc1cc(OC(=O)C(=O)OCCOCCOCCOCCOC)c2c(c1)OC(C)(C)[C@@H]1CCC(C)=C[C@@H]21.CCCCCc1cc2c(c(OP(=O)(O)OC)c1)[C@@H]1C=C(C)CC[C@H]1C(C)(C)O2.[Y]. The summed E-state index contributed by atoms with van der Waals surface area (Å²) in [5, 5.41) is 2.92. The summed E-state index contributed by atoms with van der Waals surface area (Å²) in [5.74, 6) is 3.01. The number of methoxy groups -OCH3 is 1. The maximum atomic E-state index is 12.8. The summed E-state index contributed by atoms with van der Waals surface area (Å²) in [6, 6.07) is 12.2. The van der Waals surface area contributed by atoms with Crippen molar-refractivity contribution in [3.8, 4) is 34.5 Å². The smallest absolute Gasteiger partial charge is 0.487 e. The monoisotopic (exact) mass is 1520 g/mol. The van der Waals surface area contributed by atoms with E-state index in [1.165, 1.54) is 42.2 Å². The van der Waals surface area contributed by atoms with Crippen LogP contribution in [0.4, 0.5) is 4.79 Å². The predicted molar refractivity (Wildman–Crippen MR) is 399 cm³/mol. The zero-order valence-electron chi connectivity index (χ0n) is 63.9. The number of rotatable bonds is 33. The van der Waals surface area contributed by atoms with Gasteiger partial charge in [0.15, 0.2) is 0 Å². The van der Waals surface area contributed by atoms with E-state index in [-0.39, 0.29) is 106 Å². The van der Waals surface area contributed by atoms with Crippen LogP contribution in [0.1, 0.15) is 264 Å². The van der Waals surface area contributed by atoms with Crippen LogP contribution in [-0.4, -0.2) is 113 Å². The molecule has 3 aliphatic carbocycles. The molecule has 3 aliphatic heterocycles. The second-order valence-electron chi connectivity index (χ2n) is 29.7. The van der Waals surface area contributed by atoms with E-state index in [0.717, 1.165) is 167 Å². The molecular formula is C82H126NO17PY. The van der Waals surface area contributed by atoms with Gasteiger partial charge >= 0.3 is 25.9 Å². The van der Waals surface area contributed by atoms with E-state index >= 15 is 0 Å². The Bertz CT molecular complexity index is 3300. The van der Waals surface area contributed by atoms with Gasteiger partial charge in [-0.2, -0.15) is 0 Å². The molecule has 0 spiro atoms.